The number of carbonyl (C=O) groups is 1. The van der Waals surface area contributed by atoms with Gasteiger partial charge in [0.1, 0.15) is 21.1 Å². The first kappa shape index (κ1) is 17.2. The predicted octanol–water partition coefficient (Wildman–Crippen LogP) is 4.68. The molecule has 0 radical (unpaired) electrons. The van der Waals surface area contributed by atoms with Gasteiger partial charge in [-0.25, -0.2) is 9.97 Å². The summed E-state index contributed by atoms with van der Waals surface area (Å²) in [7, 11) is 0. The number of nitrogens with one attached hydrogen (secondary N) is 1. The number of hydrogen-bond acceptors (Lipinski definition) is 5. The van der Waals surface area contributed by atoms with Gasteiger partial charge in [-0.15, -0.1) is 0 Å². The number of para-hydroxylation sites is 1. The molecule has 0 aliphatic heterocycles. The summed E-state index contributed by atoms with van der Waals surface area (Å²) in [4.78, 5) is 22.1. The quantitative estimate of drug-likeness (QED) is 0.550. The monoisotopic (exact) mass is 375 g/mol. The van der Waals surface area contributed by atoms with Gasteiger partial charge in [0.15, 0.2) is 6.61 Å². The van der Waals surface area contributed by atoms with Crippen molar-refractivity contribution in [3.05, 3.63) is 72.4 Å². The summed E-state index contributed by atoms with van der Waals surface area (Å²) >= 11 is 1.53. The number of aryl methyl sites for hydroxylation is 1. The fourth-order valence-corrected chi connectivity index (χ4v) is 3.54. The van der Waals surface area contributed by atoms with Crippen LogP contribution in [0.15, 0.2) is 66.9 Å². The van der Waals surface area contributed by atoms with Crippen molar-refractivity contribution in [1.29, 1.82) is 0 Å². The zero-order valence-corrected chi connectivity index (χ0v) is 15.5. The summed E-state index contributed by atoms with van der Waals surface area (Å²) in [5.74, 6) is 0.463. The molecule has 27 heavy (non-hydrogen) atoms. The van der Waals surface area contributed by atoms with Gasteiger partial charge in [0.25, 0.3) is 5.91 Å². The lowest BCUT2D eigenvalue weighted by molar-refractivity contribution is -0.118. The topological polar surface area (TPSA) is 64.1 Å². The molecule has 2 aromatic carbocycles. The molecule has 0 aliphatic rings. The Bertz CT molecular complexity index is 1060. The number of nitrogens with zero attached hydrogens (tertiary/aromatic N) is 2. The van der Waals surface area contributed by atoms with E-state index >= 15 is 0 Å². The lowest BCUT2D eigenvalue weighted by Gasteiger charge is -2.11. The number of amides is 1. The van der Waals surface area contributed by atoms with Crippen molar-refractivity contribution in [2.24, 2.45) is 0 Å². The van der Waals surface area contributed by atoms with E-state index in [1.54, 1.807) is 6.20 Å². The van der Waals surface area contributed by atoms with E-state index in [2.05, 4.69) is 15.3 Å². The SMILES string of the molecule is Cc1ccc(-c2nc3cccnc3s2)cc1NC(=O)COc1ccccc1. The highest BCUT2D eigenvalue weighted by molar-refractivity contribution is 7.21. The lowest BCUT2D eigenvalue weighted by Crippen LogP contribution is -2.20. The highest BCUT2D eigenvalue weighted by Crippen LogP contribution is 2.31. The number of rotatable bonds is 5. The van der Waals surface area contributed by atoms with Crippen molar-refractivity contribution in [3.63, 3.8) is 0 Å². The lowest BCUT2D eigenvalue weighted by atomic mass is 10.1. The molecule has 2 aromatic heterocycles. The van der Waals surface area contributed by atoms with E-state index in [1.807, 2.05) is 67.6 Å². The van der Waals surface area contributed by atoms with Gasteiger partial charge < -0.3 is 10.1 Å². The predicted molar refractivity (Wildman–Crippen MR) is 108 cm³/mol. The number of fused-ring (bicyclic) bond motifs is 1. The Morgan fingerprint density at radius 3 is 2.78 bits per heavy atom. The van der Waals surface area contributed by atoms with Gasteiger partial charge in [0, 0.05) is 17.4 Å². The molecule has 0 aliphatic carbocycles. The summed E-state index contributed by atoms with van der Waals surface area (Å²) in [5, 5.41) is 3.80. The number of aromatic nitrogens is 2. The first-order valence-electron chi connectivity index (χ1n) is 8.49. The molecule has 0 saturated carbocycles. The second-order valence-corrected chi connectivity index (χ2v) is 7.00. The van der Waals surface area contributed by atoms with Crippen molar-refractivity contribution in [3.8, 4) is 16.3 Å². The molecule has 1 N–H and O–H groups in total. The maximum Gasteiger partial charge on any atom is 0.262 e. The number of thiazole rings is 1. The molecule has 1 amide bonds. The fourth-order valence-electron chi connectivity index (χ4n) is 2.63. The van der Waals surface area contributed by atoms with Gasteiger partial charge in [-0.1, -0.05) is 41.7 Å². The standard InChI is InChI=1S/C21H17N3O2S/c1-14-9-10-15(20-24-17-8-5-11-22-21(17)27-20)12-18(14)23-19(25)13-26-16-6-3-2-4-7-16/h2-12H,13H2,1H3,(H,23,25). The van der Waals surface area contributed by atoms with Crippen LogP contribution in [0.4, 0.5) is 5.69 Å². The van der Waals surface area contributed by atoms with Crippen LogP contribution in [0.2, 0.25) is 0 Å². The smallest absolute Gasteiger partial charge is 0.262 e. The van der Waals surface area contributed by atoms with Crippen LogP contribution >= 0.6 is 11.3 Å². The number of ether oxygens (including phenoxy) is 1. The zero-order chi connectivity index (χ0) is 18.6. The molecule has 6 heteroatoms. The highest BCUT2D eigenvalue weighted by Gasteiger charge is 2.11. The Balaban J connectivity index is 1.51. The van der Waals surface area contributed by atoms with Crippen LogP contribution in [0.1, 0.15) is 5.56 Å². The Kier molecular flexibility index (Phi) is 4.80. The number of anilines is 1. The average molecular weight is 375 g/mol. The van der Waals surface area contributed by atoms with E-state index in [0.29, 0.717) is 5.75 Å². The largest absolute Gasteiger partial charge is 0.484 e. The Hall–Kier alpha value is -3.25. The molecule has 0 atom stereocenters. The van der Waals surface area contributed by atoms with Crippen molar-refractivity contribution in [2.45, 2.75) is 6.92 Å². The van der Waals surface area contributed by atoms with Crippen LogP contribution in [0, 0.1) is 6.92 Å². The minimum atomic E-state index is -0.204. The molecule has 0 bridgehead atoms. The third-order valence-electron chi connectivity index (χ3n) is 4.04. The van der Waals surface area contributed by atoms with Crippen LogP contribution in [-0.4, -0.2) is 22.5 Å². The molecular formula is C21H17N3O2S. The normalized spacial score (nSPS) is 10.7. The van der Waals surface area contributed by atoms with Crippen molar-refractivity contribution < 1.29 is 9.53 Å². The molecule has 0 saturated heterocycles. The molecule has 0 spiro atoms. The molecule has 0 unspecified atom stereocenters. The molecular weight excluding hydrogens is 358 g/mol. The van der Waals surface area contributed by atoms with E-state index in [-0.39, 0.29) is 12.5 Å². The van der Waals surface area contributed by atoms with Gasteiger partial charge >= 0.3 is 0 Å². The van der Waals surface area contributed by atoms with Crippen molar-refractivity contribution in [1.82, 2.24) is 9.97 Å². The summed E-state index contributed by atoms with van der Waals surface area (Å²) in [5.41, 5.74) is 3.55. The minimum Gasteiger partial charge on any atom is -0.484 e. The molecule has 4 rings (SSSR count). The average Bonchev–Trinajstić information content (AvgIpc) is 3.13. The summed E-state index contributed by atoms with van der Waals surface area (Å²) in [6, 6.07) is 19.0. The Morgan fingerprint density at radius 1 is 1.11 bits per heavy atom. The van der Waals surface area contributed by atoms with E-state index in [0.717, 1.165) is 32.2 Å². The third-order valence-corrected chi connectivity index (χ3v) is 5.07. The van der Waals surface area contributed by atoms with Gasteiger partial charge in [0.2, 0.25) is 0 Å². The maximum absolute atomic E-state index is 12.3. The van der Waals surface area contributed by atoms with E-state index < -0.39 is 0 Å². The zero-order valence-electron chi connectivity index (χ0n) is 14.7. The second kappa shape index (κ2) is 7.55. The number of hydrogen-bond donors (Lipinski definition) is 1. The van der Waals surface area contributed by atoms with Crippen LogP contribution in [0.3, 0.4) is 0 Å². The molecule has 134 valence electrons. The second-order valence-electron chi connectivity index (χ2n) is 6.03. The number of pyridine rings is 1. The fraction of sp³-hybridized carbons (Fsp3) is 0.0952. The molecule has 2 heterocycles. The highest BCUT2D eigenvalue weighted by atomic mass is 32.1. The number of carbonyl (C=O) groups excluding carboxylic acids is 1. The van der Waals surface area contributed by atoms with Gasteiger partial charge in [0.05, 0.1) is 0 Å². The van der Waals surface area contributed by atoms with Crippen LogP contribution in [0.5, 0.6) is 5.75 Å². The summed E-state index contributed by atoms with van der Waals surface area (Å²) in [6.07, 6.45) is 1.76. The molecule has 4 aromatic rings. The summed E-state index contributed by atoms with van der Waals surface area (Å²) < 4.78 is 5.50. The first-order valence-corrected chi connectivity index (χ1v) is 9.31. The van der Waals surface area contributed by atoms with Crippen molar-refractivity contribution in [2.75, 3.05) is 11.9 Å². The van der Waals surface area contributed by atoms with Gasteiger partial charge in [-0.2, -0.15) is 0 Å². The maximum atomic E-state index is 12.3. The van der Waals surface area contributed by atoms with Crippen LogP contribution in [-0.2, 0) is 4.79 Å². The van der Waals surface area contributed by atoms with E-state index in [4.69, 9.17) is 4.74 Å². The van der Waals surface area contributed by atoms with Gasteiger partial charge in [-0.05, 0) is 42.8 Å². The number of benzene rings is 2. The van der Waals surface area contributed by atoms with E-state index in [9.17, 15) is 4.79 Å². The Morgan fingerprint density at radius 2 is 1.96 bits per heavy atom. The first-order chi connectivity index (χ1) is 13.2. The Labute approximate surface area is 160 Å². The van der Waals surface area contributed by atoms with Crippen LogP contribution < -0.4 is 10.1 Å². The minimum absolute atomic E-state index is 0.0429. The van der Waals surface area contributed by atoms with E-state index in [1.165, 1.54) is 11.3 Å². The molecule has 5 nitrogen and oxygen atoms in total. The van der Waals surface area contributed by atoms with Crippen molar-refractivity contribution >= 4 is 33.3 Å². The van der Waals surface area contributed by atoms with Gasteiger partial charge in [-0.3, -0.25) is 4.79 Å². The molecule has 0 fully saturated rings. The third kappa shape index (κ3) is 3.96. The summed E-state index contributed by atoms with van der Waals surface area (Å²) in [6.45, 7) is 1.91. The van der Waals surface area contributed by atoms with Crippen LogP contribution in [0.25, 0.3) is 20.9 Å².